The molecule has 34 heavy (non-hydrogen) atoms. The average molecular weight is 477 g/mol. The van der Waals surface area contributed by atoms with Crippen LogP contribution >= 0.6 is 0 Å². The molecule has 1 amide bonds. The third-order valence-corrected chi connectivity index (χ3v) is 8.93. The van der Waals surface area contributed by atoms with Crippen molar-refractivity contribution in [2.75, 3.05) is 13.1 Å². The summed E-state index contributed by atoms with van der Waals surface area (Å²) in [6, 6.07) is 11.2. The Kier molecular flexibility index (Phi) is 8.48. The Balaban J connectivity index is 0.000000248. The van der Waals surface area contributed by atoms with Crippen LogP contribution in [0.3, 0.4) is 0 Å². The first-order valence-electron chi connectivity index (χ1n) is 13.2. The number of amides is 1. The van der Waals surface area contributed by atoms with E-state index in [1.54, 1.807) is 4.90 Å². The Labute approximate surface area is 205 Å². The number of nitrogens with two attached hydrogens (primary N) is 1. The summed E-state index contributed by atoms with van der Waals surface area (Å²) in [4.78, 5) is 12.2. The quantitative estimate of drug-likeness (QED) is 0.483. The number of alkyl halides is 2. The Bertz CT molecular complexity index is 793. The second-order valence-corrected chi connectivity index (χ2v) is 12.9. The van der Waals surface area contributed by atoms with E-state index in [1.165, 1.54) is 24.8 Å². The van der Waals surface area contributed by atoms with Crippen LogP contribution in [-0.4, -0.2) is 36.9 Å². The van der Waals surface area contributed by atoms with Crippen LogP contribution in [0.5, 0.6) is 0 Å². The monoisotopic (exact) mass is 476 g/mol. The fraction of sp³-hybridized carbons (Fsp3) is 0.759. The lowest BCUT2D eigenvalue weighted by atomic mass is 9.48. The molecular weight excluding hydrogens is 430 g/mol. The van der Waals surface area contributed by atoms with E-state index in [1.807, 2.05) is 0 Å². The van der Waals surface area contributed by atoms with Gasteiger partial charge in [0.05, 0.1) is 0 Å². The second kappa shape index (κ2) is 10.6. The molecule has 2 saturated carbocycles. The van der Waals surface area contributed by atoms with Gasteiger partial charge in [-0.05, 0) is 78.1 Å². The van der Waals surface area contributed by atoms with E-state index in [4.69, 9.17) is 5.73 Å². The standard InChI is InChI=1S/C21H30F2.C8H16N2O/c1-15-11-21(17-7-5-4-6-8-17)13-16(12-20(2,3)14-21)18(15)9-10-19(22)23;1-8(2)5-10(6-11)4-3-7(8)9/h4-8,15-16,18-19H,9-14H2,1-3H3;6-7H,3-5,9H2,1-2H3. The smallest absolute Gasteiger partial charge is 0.238 e. The highest BCUT2D eigenvalue weighted by Crippen LogP contribution is 2.60. The predicted molar refractivity (Wildman–Crippen MR) is 136 cm³/mol. The largest absolute Gasteiger partial charge is 0.345 e. The lowest BCUT2D eigenvalue weighted by Crippen LogP contribution is -2.51. The summed E-state index contributed by atoms with van der Waals surface area (Å²) in [5.74, 6) is 1.62. The van der Waals surface area contributed by atoms with E-state index in [0.29, 0.717) is 29.6 Å². The molecule has 0 aromatic heterocycles. The number of fused-ring (bicyclic) bond motifs is 2. The van der Waals surface area contributed by atoms with E-state index in [9.17, 15) is 13.6 Å². The van der Waals surface area contributed by atoms with Gasteiger partial charge in [0.15, 0.2) is 0 Å². The molecule has 0 spiro atoms. The first kappa shape index (κ1) is 27.1. The zero-order chi connectivity index (χ0) is 25.1. The number of piperidine rings is 1. The van der Waals surface area contributed by atoms with Crippen molar-refractivity contribution in [3.63, 3.8) is 0 Å². The summed E-state index contributed by atoms with van der Waals surface area (Å²) in [6.45, 7) is 12.9. The van der Waals surface area contributed by atoms with Gasteiger partial charge in [-0.2, -0.15) is 0 Å². The summed E-state index contributed by atoms with van der Waals surface area (Å²) in [7, 11) is 0. The maximum absolute atomic E-state index is 12.7. The second-order valence-electron chi connectivity index (χ2n) is 12.9. The Hall–Kier alpha value is -1.49. The molecule has 2 aliphatic carbocycles. The molecule has 5 atom stereocenters. The molecule has 3 aliphatic rings. The highest BCUT2D eigenvalue weighted by molar-refractivity contribution is 5.47. The molecule has 2 N–H and O–H groups in total. The van der Waals surface area contributed by atoms with Gasteiger partial charge in [-0.1, -0.05) is 65.0 Å². The maximum Gasteiger partial charge on any atom is 0.238 e. The number of likely N-dealkylation sites (tertiary alicyclic amines) is 1. The summed E-state index contributed by atoms with van der Waals surface area (Å²) in [5.41, 5.74) is 8.00. The van der Waals surface area contributed by atoms with Crippen LogP contribution in [0.25, 0.3) is 0 Å². The fourth-order valence-corrected chi connectivity index (χ4v) is 7.51. The van der Waals surface area contributed by atoms with E-state index in [0.717, 1.165) is 32.3 Å². The fourth-order valence-electron chi connectivity index (χ4n) is 7.51. The number of halogens is 2. The van der Waals surface area contributed by atoms with Gasteiger partial charge in [0.1, 0.15) is 0 Å². The number of hydrogen-bond donors (Lipinski definition) is 1. The van der Waals surface area contributed by atoms with Crippen LogP contribution in [0, 0.1) is 28.6 Å². The zero-order valence-corrected chi connectivity index (χ0v) is 21.9. The number of rotatable bonds is 5. The van der Waals surface area contributed by atoms with E-state index in [2.05, 4.69) is 65.0 Å². The van der Waals surface area contributed by atoms with E-state index < -0.39 is 6.43 Å². The van der Waals surface area contributed by atoms with Gasteiger partial charge >= 0.3 is 0 Å². The van der Waals surface area contributed by atoms with Crippen molar-refractivity contribution in [1.82, 2.24) is 4.90 Å². The molecule has 1 aromatic carbocycles. The van der Waals surface area contributed by atoms with Crippen LogP contribution in [0.15, 0.2) is 30.3 Å². The molecule has 1 heterocycles. The van der Waals surface area contributed by atoms with Crippen molar-refractivity contribution in [2.24, 2.45) is 34.3 Å². The van der Waals surface area contributed by atoms with Crippen molar-refractivity contribution in [1.29, 1.82) is 0 Å². The third-order valence-electron chi connectivity index (χ3n) is 8.93. The maximum atomic E-state index is 12.7. The molecule has 3 fully saturated rings. The van der Waals surface area contributed by atoms with E-state index in [-0.39, 0.29) is 23.3 Å². The van der Waals surface area contributed by atoms with Gasteiger partial charge in [-0.15, -0.1) is 0 Å². The minimum Gasteiger partial charge on any atom is -0.345 e. The molecule has 192 valence electrons. The molecule has 0 radical (unpaired) electrons. The van der Waals surface area contributed by atoms with E-state index >= 15 is 0 Å². The van der Waals surface area contributed by atoms with Crippen LogP contribution in [-0.2, 0) is 10.2 Å². The number of hydrogen-bond acceptors (Lipinski definition) is 2. The highest BCUT2D eigenvalue weighted by atomic mass is 19.3. The highest BCUT2D eigenvalue weighted by Gasteiger charge is 2.52. The topological polar surface area (TPSA) is 46.3 Å². The summed E-state index contributed by atoms with van der Waals surface area (Å²) < 4.78 is 25.5. The Morgan fingerprint density at radius 3 is 2.38 bits per heavy atom. The molecule has 2 bridgehead atoms. The molecule has 4 rings (SSSR count). The number of carbonyl (C=O) groups is 1. The predicted octanol–water partition coefficient (Wildman–Crippen LogP) is 6.65. The molecule has 5 unspecified atom stereocenters. The van der Waals surface area contributed by atoms with Gasteiger partial charge in [0.2, 0.25) is 12.8 Å². The van der Waals surface area contributed by atoms with Crippen molar-refractivity contribution in [3.05, 3.63) is 35.9 Å². The molecule has 1 aromatic rings. The molecule has 5 heteroatoms. The van der Waals surface area contributed by atoms with Crippen molar-refractivity contribution in [2.45, 2.75) is 97.4 Å². The molecule has 1 aliphatic heterocycles. The molecular formula is C29H46F2N2O. The van der Waals surface area contributed by atoms with Gasteiger partial charge < -0.3 is 10.6 Å². The number of benzene rings is 1. The first-order chi connectivity index (χ1) is 15.9. The van der Waals surface area contributed by atoms with Crippen molar-refractivity contribution in [3.8, 4) is 0 Å². The van der Waals surface area contributed by atoms with Gasteiger partial charge in [0, 0.05) is 25.6 Å². The Morgan fingerprint density at radius 2 is 1.79 bits per heavy atom. The Morgan fingerprint density at radius 1 is 1.12 bits per heavy atom. The number of carbonyl (C=O) groups excluding carboxylic acids is 1. The lowest BCUT2D eigenvalue weighted by Gasteiger charge is -2.57. The van der Waals surface area contributed by atoms with Gasteiger partial charge in [0.25, 0.3) is 0 Å². The zero-order valence-electron chi connectivity index (χ0n) is 21.9. The van der Waals surface area contributed by atoms with Crippen LogP contribution < -0.4 is 5.73 Å². The molecule has 1 saturated heterocycles. The first-order valence-corrected chi connectivity index (χ1v) is 13.2. The van der Waals surface area contributed by atoms with Gasteiger partial charge in [-0.3, -0.25) is 4.79 Å². The SMILES string of the molecule is CC1(C)CN(C=O)CCC1N.CC1CC2(c3ccccc3)CC(CC(C)(C)C2)C1CCC(F)F. The van der Waals surface area contributed by atoms with Crippen LogP contribution in [0.2, 0.25) is 0 Å². The normalized spacial score (nSPS) is 34.2. The summed E-state index contributed by atoms with van der Waals surface area (Å²) in [6.07, 6.45) is 5.23. The minimum atomic E-state index is -2.15. The summed E-state index contributed by atoms with van der Waals surface area (Å²) >= 11 is 0. The third kappa shape index (κ3) is 6.38. The van der Waals surface area contributed by atoms with Crippen LogP contribution in [0.4, 0.5) is 8.78 Å². The van der Waals surface area contributed by atoms with Crippen molar-refractivity contribution < 1.29 is 13.6 Å². The van der Waals surface area contributed by atoms with Crippen molar-refractivity contribution >= 4 is 6.41 Å². The minimum absolute atomic E-state index is 0.0737. The van der Waals surface area contributed by atoms with Crippen LogP contribution in [0.1, 0.15) is 85.1 Å². The van der Waals surface area contributed by atoms with Gasteiger partial charge in [-0.25, -0.2) is 8.78 Å². The number of nitrogens with zero attached hydrogens (tertiary/aromatic N) is 1. The average Bonchev–Trinajstić information content (AvgIpc) is 2.75. The molecule has 3 nitrogen and oxygen atoms in total. The lowest BCUT2D eigenvalue weighted by molar-refractivity contribution is -0.121. The summed E-state index contributed by atoms with van der Waals surface area (Å²) in [5, 5.41) is 0.